The third kappa shape index (κ3) is 5.01. The third-order valence-electron chi connectivity index (χ3n) is 6.21. The molecule has 1 aromatic carbocycles. The molecule has 4 rings (SSSR count). The Labute approximate surface area is 185 Å². The van der Waals surface area contributed by atoms with Gasteiger partial charge in [0.25, 0.3) is 0 Å². The van der Waals surface area contributed by atoms with Crippen molar-refractivity contribution in [2.24, 2.45) is 4.99 Å². The molecule has 0 spiro atoms. The van der Waals surface area contributed by atoms with Gasteiger partial charge >= 0.3 is 0 Å². The maximum absolute atomic E-state index is 4.66. The molecule has 6 heteroatoms. The van der Waals surface area contributed by atoms with Gasteiger partial charge in [0.1, 0.15) is 5.82 Å². The Morgan fingerprint density at radius 3 is 2.71 bits per heavy atom. The van der Waals surface area contributed by atoms with Crippen molar-refractivity contribution in [1.82, 2.24) is 20.6 Å². The van der Waals surface area contributed by atoms with Crippen LogP contribution in [0.1, 0.15) is 36.6 Å². The number of aryl methyl sites for hydroxylation is 2. The van der Waals surface area contributed by atoms with Crippen LogP contribution in [-0.4, -0.2) is 48.7 Å². The SMILES string of the molecule is CCc1cccc2c(CCNC(=NC)NC3CCN(c4cccc(C)n4)CC3)c[nH]c12. The monoisotopic (exact) mass is 418 g/mol. The minimum atomic E-state index is 0.437. The second-order valence-corrected chi connectivity index (χ2v) is 8.30. The minimum Gasteiger partial charge on any atom is -0.361 e. The molecule has 31 heavy (non-hydrogen) atoms. The summed E-state index contributed by atoms with van der Waals surface area (Å²) >= 11 is 0. The normalized spacial score (nSPS) is 15.5. The van der Waals surface area contributed by atoms with Crippen LogP contribution in [0.4, 0.5) is 5.82 Å². The van der Waals surface area contributed by atoms with E-state index in [0.717, 1.165) is 62.8 Å². The zero-order chi connectivity index (χ0) is 21.6. The maximum atomic E-state index is 4.66. The highest BCUT2D eigenvalue weighted by atomic mass is 15.2. The predicted octanol–water partition coefficient (Wildman–Crippen LogP) is 3.81. The molecule has 0 saturated carbocycles. The Morgan fingerprint density at radius 1 is 1.16 bits per heavy atom. The summed E-state index contributed by atoms with van der Waals surface area (Å²) in [5, 5.41) is 8.44. The number of hydrogen-bond donors (Lipinski definition) is 3. The van der Waals surface area contributed by atoms with Gasteiger partial charge in [-0.25, -0.2) is 4.98 Å². The number of aliphatic imine (C=N–C) groups is 1. The van der Waals surface area contributed by atoms with Gasteiger partial charge in [-0.1, -0.05) is 31.2 Å². The van der Waals surface area contributed by atoms with E-state index in [-0.39, 0.29) is 0 Å². The van der Waals surface area contributed by atoms with Gasteiger partial charge in [-0.3, -0.25) is 4.99 Å². The molecule has 2 aromatic heterocycles. The number of guanidine groups is 1. The standard InChI is InChI=1S/C25H34N6/c1-4-19-8-6-9-22-20(17-28-24(19)22)11-14-27-25(26-3)30-21-12-15-31(16-13-21)23-10-5-7-18(2)29-23/h5-10,17,21,28H,4,11-16H2,1-3H3,(H2,26,27,30). The van der Waals surface area contributed by atoms with Crippen molar-refractivity contribution >= 4 is 22.7 Å². The van der Waals surface area contributed by atoms with E-state index >= 15 is 0 Å². The highest BCUT2D eigenvalue weighted by molar-refractivity contribution is 5.86. The lowest BCUT2D eigenvalue weighted by Gasteiger charge is -2.34. The Kier molecular flexibility index (Phi) is 6.75. The highest BCUT2D eigenvalue weighted by Crippen LogP contribution is 2.22. The first-order valence-electron chi connectivity index (χ1n) is 11.4. The number of piperidine rings is 1. The lowest BCUT2D eigenvalue weighted by atomic mass is 10.0. The quantitative estimate of drug-likeness (QED) is 0.421. The second-order valence-electron chi connectivity index (χ2n) is 8.30. The molecular weight excluding hydrogens is 384 g/mol. The molecule has 1 fully saturated rings. The summed E-state index contributed by atoms with van der Waals surface area (Å²) < 4.78 is 0. The van der Waals surface area contributed by atoms with Crippen LogP contribution in [0, 0.1) is 6.92 Å². The average Bonchev–Trinajstić information content (AvgIpc) is 3.22. The van der Waals surface area contributed by atoms with Crippen LogP contribution >= 0.6 is 0 Å². The topological polar surface area (TPSA) is 68.3 Å². The van der Waals surface area contributed by atoms with E-state index in [4.69, 9.17) is 0 Å². The summed E-state index contributed by atoms with van der Waals surface area (Å²) in [6.07, 6.45) is 6.32. The van der Waals surface area contributed by atoms with Crippen molar-refractivity contribution in [3.63, 3.8) is 0 Å². The van der Waals surface area contributed by atoms with Crippen LogP contribution in [0.3, 0.4) is 0 Å². The molecule has 0 radical (unpaired) electrons. The molecule has 1 aliphatic rings. The number of aromatic amines is 1. The summed E-state index contributed by atoms with van der Waals surface area (Å²) in [5.74, 6) is 1.98. The molecule has 0 amide bonds. The van der Waals surface area contributed by atoms with Gasteiger partial charge in [-0.2, -0.15) is 0 Å². The van der Waals surface area contributed by atoms with Crippen molar-refractivity contribution in [3.8, 4) is 0 Å². The van der Waals surface area contributed by atoms with Gasteiger partial charge < -0.3 is 20.5 Å². The van der Waals surface area contributed by atoms with Crippen LogP contribution in [0.2, 0.25) is 0 Å². The number of pyridine rings is 1. The summed E-state index contributed by atoms with van der Waals surface area (Å²) in [6.45, 7) is 7.14. The predicted molar refractivity (Wildman–Crippen MR) is 130 cm³/mol. The number of benzene rings is 1. The summed E-state index contributed by atoms with van der Waals surface area (Å²) in [4.78, 5) is 14.9. The minimum absolute atomic E-state index is 0.437. The smallest absolute Gasteiger partial charge is 0.191 e. The van der Waals surface area contributed by atoms with Crippen LogP contribution in [-0.2, 0) is 12.8 Å². The molecule has 1 aliphatic heterocycles. The second kappa shape index (κ2) is 9.86. The molecule has 1 saturated heterocycles. The molecule has 0 bridgehead atoms. The number of hydrogen-bond acceptors (Lipinski definition) is 3. The number of aromatic nitrogens is 2. The number of anilines is 1. The molecule has 164 valence electrons. The van der Waals surface area contributed by atoms with Gasteiger partial charge in [0.2, 0.25) is 0 Å². The molecular formula is C25H34N6. The van der Waals surface area contributed by atoms with E-state index in [0.29, 0.717) is 6.04 Å². The van der Waals surface area contributed by atoms with Crippen molar-refractivity contribution in [2.45, 2.75) is 45.6 Å². The molecule has 3 heterocycles. The number of para-hydroxylation sites is 1. The fraction of sp³-hybridized carbons (Fsp3) is 0.440. The van der Waals surface area contributed by atoms with E-state index in [1.54, 1.807) is 0 Å². The molecule has 0 atom stereocenters. The van der Waals surface area contributed by atoms with Gasteiger partial charge in [-0.05, 0) is 55.9 Å². The number of nitrogens with zero attached hydrogens (tertiary/aromatic N) is 3. The summed E-state index contributed by atoms with van der Waals surface area (Å²) in [6, 6.07) is 13.3. The fourth-order valence-corrected chi connectivity index (χ4v) is 4.44. The first-order chi connectivity index (χ1) is 15.2. The Balaban J connectivity index is 1.26. The Hall–Kier alpha value is -3.02. The lowest BCUT2D eigenvalue weighted by Crippen LogP contribution is -2.49. The van der Waals surface area contributed by atoms with Gasteiger partial charge in [-0.15, -0.1) is 0 Å². The lowest BCUT2D eigenvalue weighted by molar-refractivity contribution is 0.459. The summed E-state index contributed by atoms with van der Waals surface area (Å²) in [7, 11) is 1.85. The van der Waals surface area contributed by atoms with E-state index in [2.05, 4.69) is 73.9 Å². The Morgan fingerprint density at radius 2 is 1.97 bits per heavy atom. The largest absolute Gasteiger partial charge is 0.361 e. The Bertz CT molecular complexity index is 1030. The van der Waals surface area contributed by atoms with Crippen LogP contribution < -0.4 is 15.5 Å². The highest BCUT2D eigenvalue weighted by Gasteiger charge is 2.21. The first kappa shape index (κ1) is 21.2. The van der Waals surface area contributed by atoms with Crippen LogP contribution in [0.15, 0.2) is 47.6 Å². The van der Waals surface area contributed by atoms with E-state index in [9.17, 15) is 0 Å². The summed E-state index contributed by atoms with van der Waals surface area (Å²) in [5.41, 5.74) is 5.08. The number of H-pyrrole nitrogens is 1. The molecule has 0 aliphatic carbocycles. The van der Waals surface area contributed by atoms with Crippen molar-refractivity contribution in [3.05, 3.63) is 59.4 Å². The molecule has 3 N–H and O–H groups in total. The zero-order valence-corrected chi connectivity index (χ0v) is 18.9. The van der Waals surface area contributed by atoms with Gasteiger partial charge in [0, 0.05) is 55.5 Å². The fourth-order valence-electron chi connectivity index (χ4n) is 4.44. The number of fused-ring (bicyclic) bond motifs is 1. The van der Waals surface area contributed by atoms with Gasteiger partial charge in [0.15, 0.2) is 5.96 Å². The average molecular weight is 419 g/mol. The van der Waals surface area contributed by atoms with Crippen molar-refractivity contribution in [1.29, 1.82) is 0 Å². The zero-order valence-electron chi connectivity index (χ0n) is 18.9. The first-order valence-corrected chi connectivity index (χ1v) is 11.4. The van der Waals surface area contributed by atoms with Crippen LogP contribution in [0.25, 0.3) is 10.9 Å². The molecule has 6 nitrogen and oxygen atoms in total. The van der Waals surface area contributed by atoms with Crippen molar-refractivity contribution < 1.29 is 0 Å². The van der Waals surface area contributed by atoms with Crippen molar-refractivity contribution in [2.75, 3.05) is 31.6 Å². The van der Waals surface area contributed by atoms with E-state index in [1.807, 2.05) is 20.0 Å². The molecule has 3 aromatic rings. The maximum Gasteiger partial charge on any atom is 0.191 e. The van der Waals surface area contributed by atoms with E-state index in [1.165, 1.54) is 22.0 Å². The number of rotatable bonds is 6. The van der Waals surface area contributed by atoms with E-state index < -0.39 is 0 Å². The van der Waals surface area contributed by atoms with Crippen LogP contribution in [0.5, 0.6) is 0 Å². The third-order valence-corrected chi connectivity index (χ3v) is 6.21. The number of nitrogens with one attached hydrogen (secondary N) is 3. The van der Waals surface area contributed by atoms with Gasteiger partial charge in [0.05, 0.1) is 0 Å². The molecule has 0 unspecified atom stereocenters.